The van der Waals surface area contributed by atoms with Gasteiger partial charge in [-0.2, -0.15) is 0 Å². The quantitative estimate of drug-likeness (QED) is 0.869. The van der Waals surface area contributed by atoms with Gasteiger partial charge in [-0.3, -0.25) is 0 Å². The molecule has 0 radical (unpaired) electrons. The Hall–Kier alpha value is -1.58. The second-order valence-electron chi connectivity index (χ2n) is 4.99. The van der Waals surface area contributed by atoms with Gasteiger partial charge in [0.25, 0.3) is 0 Å². The zero-order chi connectivity index (χ0) is 13.9. The summed E-state index contributed by atoms with van der Waals surface area (Å²) in [6, 6.07) is 13.1. The Bertz CT molecular complexity index is 615. The minimum atomic E-state index is -0.313. The highest BCUT2D eigenvalue weighted by Crippen LogP contribution is 2.29. The third-order valence-corrected chi connectivity index (χ3v) is 3.85. The van der Waals surface area contributed by atoms with Crippen molar-refractivity contribution in [2.24, 2.45) is 0 Å². The molecule has 1 aliphatic rings. The number of rotatable bonds is 2. The fourth-order valence-corrected chi connectivity index (χ4v) is 2.76. The molecule has 2 nitrogen and oxygen atoms in total. The van der Waals surface area contributed by atoms with E-state index in [1.54, 1.807) is 12.1 Å². The number of fused-ring (bicyclic) bond motifs is 1. The fraction of sp³-hybridized carbons (Fsp3) is 0.250. The highest BCUT2D eigenvalue weighted by atomic mass is 35.5. The Morgan fingerprint density at radius 3 is 2.90 bits per heavy atom. The van der Waals surface area contributed by atoms with Crippen LogP contribution in [0.15, 0.2) is 42.5 Å². The van der Waals surface area contributed by atoms with Crippen LogP contribution in [-0.2, 0) is 6.54 Å². The smallest absolute Gasteiger partial charge is 0.147 e. The maximum Gasteiger partial charge on any atom is 0.147 e. The third kappa shape index (κ3) is 2.79. The van der Waals surface area contributed by atoms with Gasteiger partial charge in [-0.05, 0) is 42.3 Å². The zero-order valence-electron chi connectivity index (χ0n) is 11.0. The van der Waals surface area contributed by atoms with Crippen molar-refractivity contribution < 1.29 is 4.39 Å². The van der Waals surface area contributed by atoms with Crippen molar-refractivity contribution >= 4 is 17.3 Å². The summed E-state index contributed by atoms with van der Waals surface area (Å²) in [5.41, 5.74) is 2.99. The zero-order valence-corrected chi connectivity index (χ0v) is 11.8. The van der Waals surface area contributed by atoms with Crippen molar-refractivity contribution in [3.05, 3.63) is 64.4 Å². The van der Waals surface area contributed by atoms with E-state index in [0.717, 1.165) is 19.5 Å². The van der Waals surface area contributed by atoms with Crippen molar-refractivity contribution in [2.75, 3.05) is 11.9 Å². The minimum Gasteiger partial charge on any atom is -0.376 e. The molecule has 2 aromatic carbocycles. The lowest BCUT2D eigenvalue weighted by Crippen LogP contribution is -2.15. The number of halogens is 2. The molecule has 2 N–H and O–H groups in total. The maximum atomic E-state index is 13.9. The van der Waals surface area contributed by atoms with E-state index in [0.29, 0.717) is 10.7 Å². The predicted octanol–water partition coefficient (Wildman–Crippen LogP) is 4.13. The molecular formula is C16H16ClFN2. The van der Waals surface area contributed by atoms with E-state index in [9.17, 15) is 4.39 Å². The molecule has 2 aromatic rings. The topological polar surface area (TPSA) is 24.1 Å². The summed E-state index contributed by atoms with van der Waals surface area (Å²) in [5, 5.41) is 7.10. The molecule has 104 valence electrons. The molecule has 1 atom stereocenters. The highest BCUT2D eigenvalue weighted by molar-refractivity contribution is 6.30. The van der Waals surface area contributed by atoms with Gasteiger partial charge in [0.1, 0.15) is 5.82 Å². The Labute approximate surface area is 123 Å². The Morgan fingerprint density at radius 1 is 1.20 bits per heavy atom. The molecule has 0 bridgehead atoms. The molecule has 20 heavy (non-hydrogen) atoms. The molecule has 0 saturated carbocycles. The molecule has 0 amide bonds. The van der Waals surface area contributed by atoms with Crippen molar-refractivity contribution in [2.45, 2.75) is 19.0 Å². The Kier molecular flexibility index (Phi) is 3.90. The molecule has 3 rings (SSSR count). The lowest BCUT2D eigenvalue weighted by molar-refractivity contribution is 0.612. The van der Waals surface area contributed by atoms with Crippen molar-refractivity contribution in [1.29, 1.82) is 0 Å². The van der Waals surface area contributed by atoms with E-state index in [1.165, 1.54) is 17.2 Å². The normalized spacial score (nSPS) is 18.2. The van der Waals surface area contributed by atoms with Crippen LogP contribution in [0.1, 0.15) is 23.6 Å². The van der Waals surface area contributed by atoms with Crippen LogP contribution in [0.25, 0.3) is 0 Å². The van der Waals surface area contributed by atoms with E-state index in [-0.39, 0.29) is 11.9 Å². The van der Waals surface area contributed by atoms with Crippen molar-refractivity contribution in [3.8, 4) is 0 Å². The van der Waals surface area contributed by atoms with Gasteiger partial charge in [0.2, 0.25) is 0 Å². The molecule has 0 aliphatic carbocycles. The molecule has 4 heteroatoms. The van der Waals surface area contributed by atoms with E-state index >= 15 is 0 Å². The van der Waals surface area contributed by atoms with Crippen molar-refractivity contribution in [1.82, 2.24) is 5.32 Å². The first-order valence-electron chi connectivity index (χ1n) is 6.74. The van der Waals surface area contributed by atoms with Crippen LogP contribution in [0.3, 0.4) is 0 Å². The predicted molar refractivity (Wildman–Crippen MR) is 80.5 cm³/mol. The average Bonchev–Trinajstić information content (AvgIpc) is 2.65. The Balaban J connectivity index is 1.90. The lowest BCUT2D eigenvalue weighted by Gasteiger charge is -2.20. The number of benzene rings is 2. The van der Waals surface area contributed by atoms with E-state index in [1.807, 2.05) is 12.1 Å². The van der Waals surface area contributed by atoms with Gasteiger partial charge in [0.05, 0.1) is 11.7 Å². The molecule has 1 heterocycles. The average molecular weight is 291 g/mol. The fourth-order valence-electron chi connectivity index (χ4n) is 2.60. The summed E-state index contributed by atoms with van der Waals surface area (Å²) < 4.78 is 13.9. The van der Waals surface area contributed by atoms with Gasteiger partial charge < -0.3 is 10.6 Å². The molecule has 1 unspecified atom stereocenters. The summed E-state index contributed by atoms with van der Waals surface area (Å²) >= 11 is 5.79. The van der Waals surface area contributed by atoms with E-state index in [4.69, 9.17) is 11.6 Å². The van der Waals surface area contributed by atoms with Gasteiger partial charge in [0, 0.05) is 11.6 Å². The summed E-state index contributed by atoms with van der Waals surface area (Å²) in [4.78, 5) is 0. The van der Waals surface area contributed by atoms with E-state index in [2.05, 4.69) is 22.8 Å². The molecular weight excluding hydrogens is 275 g/mol. The second-order valence-corrected chi connectivity index (χ2v) is 5.42. The van der Waals surface area contributed by atoms with Gasteiger partial charge >= 0.3 is 0 Å². The number of nitrogens with one attached hydrogen (secondary N) is 2. The standard InChI is InChI=1S/C16H16ClFN2/c17-12-5-6-16(14(18)9-12)20-15-7-8-19-10-11-3-1-2-4-13(11)15/h1-6,9,15,19-20H,7-8,10H2. The summed E-state index contributed by atoms with van der Waals surface area (Å²) in [6.45, 7) is 1.76. The van der Waals surface area contributed by atoms with Crippen LogP contribution in [0.5, 0.6) is 0 Å². The molecule has 1 aliphatic heterocycles. The van der Waals surface area contributed by atoms with Crippen LogP contribution in [0.4, 0.5) is 10.1 Å². The Morgan fingerprint density at radius 2 is 2.05 bits per heavy atom. The third-order valence-electron chi connectivity index (χ3n) is 3.62. The van der Waals surface area contributed by atoms with Crippen LogP contribution in [0.2, 0.25) is 5.02 Å². The monoisotopic (exact) mass is 290 g/mol. The molecule has 0 aromatic heterocycles. The van der Waals surface area contributed by atoms with Gasteiger partial charge in [-0.15, -0.1) is 0 Å². The van der Waals surface area contributed by atoms with Gasteiger partial charge in [-0.1, -0.05) is 35.9 Å². The number of anilines is 1. The van der Waals surface area contributed by atoms with E-state index < -0.39 is 0 Å². The van der Waals surface area contributed by atoms with Crippen LogP contribution in [0, 0.1) is 5.82 Å². The number of hydrogen-bond acceptors (Lipinski definition) is 2. The summed E-state index contributed by atoms with van der Waals surface area (Å²) in [7, 11) is 0. The molecule has 0 fully saturated rings. The highest BCUT2D eigenvalue weighted by Gasteiger charge is 2.18. The van der Waals surface area contributed by atoms with Crippen molar-refractivity contribution in [3.63, 3.8) is 0 Å². The first kappa shape index (κ1) is 13.4. The van der Waals surface area contributed by atoms with Crippen LogP contribution >= 0.6 is 11.6 Å². The van der Waals surface area contributed by atoms with Gasteiger partial charge in [-0.25, -0.2) is 4.39 Å². The minimum absolute atomic E-state index is 0.108. The second kappa shape index (κ2) is 5.81. The lowest BCUT2D eigenvalue weighted by atomic mass is 9.99. The molecule has 0 saturated heterocycles. The first-order valence-corrected chi connectivity index (χ1v) is 7.12. The van der Waals surface area contributed by atoms with Gasteiger partial charge in [0.15, 0.2) is 0 Å². The summed E-state index contributed by atoms with van der Waals surface area (Å²) in [6.07, 6.45) is 0.916. The maximum absolute atomic E-state index is 13.9. The molecule has 0 spiro atoms. The first-order chi connectivity index (χ1) is 9.74. The number of hydrogen-bond donors (Lipinski definition) is 2. The van der Waals surface area contributed by atoms with Crippen LogP contribution < -0.4 is 10.6 Å². The largest absolute Gasteiger partial charge is 0.376 e. The SMILES string of the molecule is Fc1cc(Cl)ccc1NC1CCNCc2ccccc21. The summed E-state index contributed by atoms with van der Waals surface area (Å²) in [5.74, 6) is -0.313. The van der Waals surface area contributed by atoms with Crippen LogP contribution in [-0.4, -0.2) is 6.54 Å².